The lowest BCUT2D eigenvalue weighted by molar-refractivity contribution is -0.116. The van der Waals surface area contributed by atoms with Crippen LogP contribution in [0.1, 0.15) is 28.8 Å². The molecule has 5 nitrogen and oxygen atoms in total. The number of carbonyl (C=O) groups is 2. The number of nitrogens with one attached hydrogen (secondary N) is 1. The zero-order valence-corrected chi connectivity index (χ0v) is 19.0. The molecule has 31 heavy (non-hydrogen) atoms. The topological polar surface area (TPSA) is 58.6 Å². The third-order valence-electron chi connectivity index (χ3n) is 5.42. The van der Waals surface area contributed by atoms with Crippen molar-refractivity contribution in [2.75, 3.05) is 33.3 Å². The van der Waals surface area contributed by atoms with Crippen LogP contribution in [-0.2, 0) is 4.79 Å². The molecule has 1 aliphatic heterocycles. The zero-order chi connectivity index (χ0) is 22.2. The zero-order valence-electron chi connectivity index (χ0n) is 17.4. The lowest BCUT2D eigenvalue weighted by Gasteiger charge is -2.31. The van der Waals surface area contributed by atoms with Crippen LogP contribution in [0.15, 0.2) is 53.0 Å². The van der Waals surface area contributed by atoms with E-state index in [0.29, 0.717) is 17.9 Å². The molecule has 0 saturated carbocycles. The van der Waals surface area contributed by atoms with E-state index in [1.54, 1.807) is 25.3 Å². The predicted molar refractivity (Wildman–Crippen MR) is 123 cm³/mol. The molecule has 164 valence electrons. The Kier molecular flexibility index (Phi) is 8.37. The number of likely N-dealkylation sites (tertiary alicyclic amines) is 1. The second-order valence-corrected chi connectivity index (χ2v) is 8.41. The molecule has 2 aromatic rings. The highest BCUT2D eigenvalue weighted by Gasteiger charge is 2.25. The van der Waals surface area contributed by atoms with Gasteiger partial charge in [-0.05, 0) is 74.5 Å². The van der Waals surface area contributed by atoms with E-state index < -0.39 is 0 Å². The first-order valence-corrected chi connectivity index (χ1v) is 11.1. The van der Waals surface area contributed by atoms with Gasteiger partial charge in [0.15, 0.2) is 5.78 Å². The Hall–Kier alpha value is -2.51. The fourth-order valence-electron chi connectivity index (χ4n) is 3.67. The number of amides is 1. The first-order valence-electron chi connectivity index (χ1n) is 10.3. The molecule has 0 radical (unpaired) electrons. The monoisotopic (exact) mass is 488 g/mol. The molecular formula is C24H26BrFN2O3. The fourth-order valence-corrected chi connectivity index (χ4v) is 4.04. The molecule has 2 aromatic carbocycles. The summed E-state index contributed by atoms with van der Waals surface area (Å²) < 4.78 is 19.3. The number of ketones is 1. The van der Waals surface area contributed by atoms with E-state index in [4.69, 9.17) is 4.74 Å². The van der Waals surface area contributed by atoms with Gasteiger partial charge in [-0.15, -0.1) is 0 Å². The maximum absolute atomic E-state index is 13.0. The molecule has 0 spiro atoms. The molecule has 0 aliphatic carbocycles. The van der Waals surface area contributed by atoms with Crippen molar-refractivity contribution in [2.45, 2.75) is 12.8 Å². The number of benzene rings is 2. The van der Waals surface area contributed by atoms with Gasteiger partial charge < -0.3 is 15.0 Å². The van der Waals surface area contributed by atoms with Gasteiger partial charge in [0.25, 0.3) is 0 Å². The summed E-state index contributed by atoms with van der Waals surface area (Å²) in [4.78, 5) is 26.9. The number of hydrogen-bond acceptors (Lipinski definition) is 4. The number of nitrogens with zero attached hydrogens (tertiary/aromatic N) is 1. The molecule has 1 saturated heterocycles. The molecule has 1 amide bonds. The van der Waals surface area contributed by atoms with E-state index in [1.807, 2.05) is 18.2 Å². The van der Waals surface area contributed by atoms with Crippen LogP contribution in [0.4, 0.5) is 4.39 Å². The Morgan fingerprint density at radius 2 is 1.90 bits per heavy atom. The van der Waals surface area contributed by atoms with Gasteiger partial charge in [0.1, 0.15) is 11.6 Å². The third-order valence-corrected chi connectivity index (χ3v) is 5.91. The van der Waals surface area contributed by atoms with Crippen LogP contribution < -0.4 is 10.1 Å². The van der Waals surface area contributed by atoms with E-state index >= 15 is 0 Å². The Morgan fingerprint density at radius 1 is 1.19 bits per heavy atom. The lowest BCUT2D eigenvalue weighted by atomic mass is 9.89. The minimum atomic E-state index is -0.334. The van der Waals surface area contributed by atoms with Crippen molar-refractivity contribution in [1.82, 2.24) is 10.2 Å². The van der Waals surface area contributed by atoms with Crippen molar-refractivity contribution in [1.29, 1.82) is 0 Å². The summed E-state index contributed by atoms with van der Waals surface area (Å²) in [7, 11) is 1.59. The highest BCUT2D eigenvalue weighted by atomic mass is 79.9. The minimum Gasteiger partial charge on any atom is -0.496 e. The minimum absolute atomic E-state index is 0.0283. The number of halogens is 2. The van der Waals surface area contributed by atoms with E-state index in [1.165, 1.54) is 18.2 Å². The molecule has 0 unspecified atom stereocenters. The molecule has 1 N–H and O–H groups in total. The van der Waals surface area contributed by atoms with E-state index in [0.717, 1.165) is 42.5 Å². The molecule has 7 heteroatoms. The molecular weight excluding hydrogens is 463 g/mol. The summed E-state index contributed by atoms with van der Waals surface area (Å²) in [5.74, 6) is 0.258. The van der Waals surface area contributed by atoms with E-state index in [-0.39, 0.29) is 23.4 Å². The average molecular weight is 489 g/mol. The summed E-state index contributed by atoms with van der Waals surface area (Å²) in [5.41, 5.74) is 1.39. The Balaban J connectivity index is 1.40. The van der Waals surface area contributed by atoms with Crippen LogP contribution in [0.2, 0.25) is 0 Å². The van der Waals surface area contributed by atoms with Gasteiger partial charge in [-0.1, -0.05) is 15.9 Å². The first-order chi connectivity index (χ1) is 15.0. The summed E-state index contributed by atoms with van der Waals surface area (Å²) in [6, 6.07) is 11.4. The molecule has 1 fully saturated rings. The van der Waals surface area contributed by atoms with E-state index in [9.17, 15) is 14.0 Å². The highest BCUT2D eigenvalue weighted by Crippen LogP contribution is 2.24. The largest absolute Gasteiger partial charge is 0.496 e. The molecule has 0 atom stereocenters. The smallest absolute Gasteiger partial charge is 0.244 e. The molecule has 1 heterocycles. The Morgan fingerprint density at radius 3 is 2.58 bits per heavy atom. The molecule has 0 aromatic heterocycles. The number of piperidine rings is 1. The molecule has 0 bridgehead atoms. The van der Waals surface area contributed by atoms with Gasteiger partial charge in [-0.2, -0.15) is 0 Å². The Labute approximate surface area is 190 Å². The Bertz CT molecular complexity index is 938. The number of rotatable bonds is 8. The SMILES string of the molecule is COc1ccc(Br)cc1/C=C/C(=O)NCCN1CCC(C(=O)c2ccc(F)cc2)CC1. The van der Waals surface area contributed by atoms with Crippen molar-refractivity contribution in [3.8, 4) is 5.75 Å². The van der Waals surface area contributed by atoms with Crippen molar-refractivity contribution in [2.24, 2.45) is 5.92 Å². The first kappa shape index (κ1) is 23.2. The maximum atomic E-state index is 13.0. The average Bonchev–Trinajstić information content (AvgIpc) is 2.78. The van der Waals surface area contributed by atoms with Gasteiger partial charge >= 0.3 is 0 Å². The van der Waals surface area contributed by atoms with Gasteiger partial charge in [-0.3, -0.25) is 9.59 Å². The van der Waals surface area contributed by atoms with Crippen molar-refractivity contribution < 1.29 is 18.7 Å². The van der Waals surface area contributed by atoms with Gasteiger partial charge in [0.2, 0.25) is 5.91 Å². The summed E-state index contributed by atoms with van der Waals surface area (Å²) in [6.07, 6.45) is 4.77. The van der Waals surface area contributed by atoms with Crippen molar-refractivity contribution in [3.05, 3.63) is 70.0 Å². The summed E-state index contributed by atoms with van der Waals surface area (Å²) in [5, 5.41) is 2.90. The summed E-state index contributed by atoms with van der Waals surface area (Å²) >= 11 is 3.42. The van der Waals surface area contributed by atoms with Crippen LogP contribution in [0.3, 0.4) is 0 Å². The van der Waals surface area contributed by atoms with Crippen LogP contribution in [0.25, 0.3) is 6.08 Å². The number of hydrogen-bond donors (Lipinski definition) is 1. The third kappa shape index (κ3) is 6.74. The van der Waals surface area contributed by atoms with Crippen LogP contribution in [-0.4, -0.2) is 49.9 Å². The summed E-state index contributed by atoms with van der Waals surface area (Å²) in [6.45, 7) is 2.88. The predicted octanol–water partition coefficient (Wildman–Crippen LogP) is 4.32. The van der Waals surface area contributed by atoms with Crippen LogP contribution >= 0.6 is 15.9 Å². The van der Waals surface area contributed by atoms with Gasteiger partial charge in [0, 0.05) is 40.7 Å². The van der Waals surface area contributed by atoms with Gasteiger partial charge in [-0.25, -0.2) is 4.39 Å². The maximum Gasteiger partial charge on any atom is 0.244 e. The normalized spacial score (nSPS) is 15.2. The molecule has 3 rings (SSSR count). The molecule has 1 aliphatic rings. The van der Waals surface area contributed by atoms with Crippen molar-refractivity contribution in [3.63, 3.8) is 0 Å². The van der Waals surface area contributed by atoms with Crippen molar-refractivity contribution >= 4 is 33.7 Å². The number of carbonyl (C=O) groups excluding carboxylic acids is 2. The quantitative estimate of drug-likeness (QED) is 0.444. The highest BCUT2D eigenvalue weighted by molar-refractivity contribution is 9.10. The number of ether oxygens (including phenoxy) is 1. The number of methoxy groups -OCH3 is 1. The van der Waals surface area contributed by atoms with E-state index in [2.05, 4.69) is 26.1 Å². The lowest BCUT2D eigenvalue weighted by Crippen LogP contribution is -2.40. The van der Waals surface area contributed by atoms with Gasteiger partial charge in [0.05, 0.1) is 7.11 Å². The standard InChI is InChI=1S/C24H26BrFN2O3/c1-31-22-8-5-20(25)16-19(22)4-9-23(29)27-12-15-28-13-10-18(11-14-28)24(30)17-2-6-21(26)7-3-17/h2-9,16,18H,10-15H2,1H3,(H,27,29)/b9-4+. The second-order valence-electron chi connectivity index (χ2n) is 7.50. The second kappa shape index (κ2) is 11.2. The fraction of sp³-hybridized carbons (Fsp3) is 0.333. The van der Waals surface area contributed by atoms with Crippen LogP contribution in [0.5, 0.6) is 5.75 Å². The number of Topliss-reactive ketones (excluding diaryl/α,β-unsaturated/α-hetero) is 1. The van der Waals surface area contributed by atoms with Crippen LogP contribution in [0, 0.1) is 11.7 Å².